The van der Waals surface area contributed by atoms with E-state index in [2.05, 4.69) is 4.98 Å². The Labute approximate surface area is 150 Å². The topological polar surface area (TPSA) is 82.6 Å². The number of fused-ring (bicyclic) bond motifs is 3. The molecule has 134 valence electrons. The molecule has 1 aliphatic rings. The number of aliphatic carboxylic acids is 1. The van der Waals surface area contributed by atoms with Gasteiger partial charge >= 0.3 is 5.97 Å². The van der Waals surface area contributed by atoms with Gasteiger partial charge in [0, 0.05) is 31.1 Å². The fraction of sp³-hybridized carbons (Fsp3) is 0.300. The number of methoxy groups -OCH3 is 1. The smallest absolute Gasteiger partial charge is 0.313 e. The first-order valence-electron chi connectivity index (χ1n) is 8.56. The van der Waals surface area contributed by atoms with Gasteiger partial charge in [-0.05, 0) is 29.3 Å². The number of likely N-dealkylation sites (tertiary alicyclic amines) is 1. The van der Waals surface area contributed by atoms with Crippen LogP contribution in [0.25, 0.3) is 21.7 Å². The van der Waals surface area contributed by atoms with Crippen molar-refractivity contribution in [3.63, 3.8) is 0 Å². The maximum absolute atomic E-state index is 12.9. The van der Waals surface area contributed by atoms with Crippen LogP contribution >= 0.6 is 0 Å². The molecule has 1 aromatic heterocycles. The van der Waals surface area contributed by atoms with E-state index in [1.165, 1.54) is 7.11 Å². The van der Waals surface area contributed by atoms with E-state index < -0.39 is 11.4 Å². The number of aromatic nitrogens is 1. The molecule has 1 fully saturated rings. The number of hydrogen-bond acceptors (Lipinski definition) is 3. The summed E-state index contributed by atoms with van der Waals surface area (Å²) in [6.07, 6.45) is 0.394. The number of hydrogen-bond donors (Lipinski definition) is 2. The lowest BCUT2D eigenvalue weighted by atomic mass is 9.88. The molecule has 2 heterocycles. The maximum Gasteiger partial charge on any atom is 0.313 e. The van der Waals surface area contributed by atoms with Gasteiger partial charge in [-0.25, -0.2) is 0 Å². The van der Waals surface area contributed by atoms with E-state index in [4.69, 9.17) is 4.74 Å². The molecule has 1 aliphatic heterocycles. The number of nitrogens with one attached hydrogen (secondary N) is 1. The first kappa shape index (κ1) is 16.6. The van der Waals surface area contributed by atoms with Crippen molar-refractivity contribution in [1.29, 1.82) is 0 Å². The van der Waals surface area contributed by atoms with Crippen molar-refractivity contribution in [2.75, 3.05) is 26.8 Å². The zero-order chi connectivity index (χ0) is 18.3. The summed E-state index contributed by atoms with van der Waals surface area (Å²) >= 11 is 0. The van der Waals surface area contributed by atoms with Crippen molar-refractivity contribution < 1.29 is 19.4 Å². The van der Waals surface area contributed by atoms with E-state index in [0.29, 0.717) is 18.7 Å². The molecule has 0 radical (unpaired) electrons. The quantitative estimate of drug-likeness (QED) is 0.756. The van der Waals surface area contributed by atoms with Gasteiger partial charge in [-0.1, -0.05) is 30.3 Å². The number of nitrogens with zero attached hydrogens (tertiary/aromatic N) is 1. The second kappa shape index (κ2) is 6.14. The third-order valence-corrected chi connectivity index (χ3v) is 5.27. The highest BCUT2D eigenvalue weighted by Gasteiger charge is 2.46. The average molecular weight is 352 g/mol. The summed E-state index contributed by atoms with van der Waals surface area (Å²) in [4.78, 5) is 29.4. The van der Waals surface area contributed by atoms with Crippen LogP contribution in [0, 0.1) is 5.41 Å². The fourth-order valence-corrected chi connectivity index (χ4v) is 3.85. The molecule has 1 amide bonds. The monoisotopic (exact) mass is 352 g/mol. The Morgan fingerprint density at radius 3 is 2.81 bits per heavy atom. The number of carboxylic acids is 1. The van der Waals surface area contributed by atoms with Crippen molar-refractivity contribution in [2.45, 2.75) is 6.42 Å². The Kier molecular flexibility index (Phi) is 3.92. The molecule has 6 nitrogen and oxygen atoms in total. The molecule has 4 rings (SSSR count). The summed E-state index contributed by atoms with van der Waals surface area (Å²) in [5.41, 5.74) is 0.353. The number of carbonyl (C=O) groups is 2. The lowest BCUT2D eigenvalue weighted by Crippen LogP contribution is -2.40. The lowest BCUT2D eigenvalue weighted by Gasteiger charge is -2.23. The normalized spacial score (nSPS) is 20.1. The lowest BCUT2D eigenvalue weighted by molar-refractivity contribution is -0.151. The summed E-state index contributed by atoms with van der Waals surface area (Å²) < 4.78 is 5.09. The highest BCUT2D eigenvalue weighted by Crippen LogP contribution is 2.33. The van der Waals surface area contributed by atoms with Gasteiger partial charge in [0.1, 0.15) is 11.1 Å². The third-order valence-electron chi connectivity index (χ3n) is 5.27. The first-order chi connectivity index (χ1) is 12.5. The molecule has 0 saturated carbocycles. The summed E-state index contributed by atoms with van der Waals surface area (Å²) in [7, 11) is 1.48. The third kappa shape index (κ3) is 2.54. The number of carboxylic acid groups (broad SMARTS) is 1. The van der Waals surface area contributed by atoms with Gasteiger partial charge in [0.2, 0.25) is 0 Å². The van der Waals surface area contributed by atoms with Crippen LogP contribution in [0.15, 0.2) is 42.5 Å². The van der Waals surface area contributed by atoms with Crippen molar-refractivity contribution >= 4 is 33.6 Å². The number of rotatable bonds is 4. The standard InChI is InChI=1S/C20H20N2O4/c1-26-12-20(19(24)25)8-9-22(11-20)18(23)17-10-15-14-5-3-2-4-13(14)6-7-16(15)21-17/h2-7,10,21H,8-9,11-12H2,1H3,(H,24,25). The highest BCUT2D eigenvalue weighted by molar-refractivity contribution is 6.09. The molecule has 1 saturated heterocycles. The first-order valence-corrected chi connectivity index (χ1v) is 8.56. The SMILES string of the molecule is COCC1(C(=O)O)CCN(C(=O)c2cc3c(ccc4ccccc43)[nH]2)C1. The molecule has 1 atom stereocenters. The Balaban J connectivity index is 1.67. The van der Waals surface area contributed by atoms with Gasteiger partial charge in [0.15, 0.2) is 0 Å². The maximum atomic E-state index is 12.9. The number of H-pyrrole nitrogens is 1. The van der Waals surface area contributed by atoms with Gasteiger partial charge < -0.3 is 19.7 Å². The van der Waals surface area contributed by atoms with Crippen LogP contribution in [0.3, 0.4) is 0 Å². The van der Waals surface area contributed by atoms with Gasteiger partial charge in [-0.3, -0.25) is 9.59 Å². The van der Waals surface area contributed by atoms with Crippen molar-refractivity contribution in [3.8, 4) is 0 Å². The van der Waals surface area contributed by atoms with Gasteiger partial charge in [0.05, 0.1) is 6.61 Å². The molecule has 26 heavy (non-hydrogen) atoms. The van der Waals surface area contributed by atoms with Crippen LogP contribution in [0.1, 0.15) is 16.9 Å². The molecule has 6 heteroatoms. The van der Waals surface area contributed by atoms with Crippen LogP contribution in [-0.2, 0) is 9.53 Å². The van der Waals surface area contributed by atoms with Gasteiger partial charge in [-0.15, -0.1) is 0 Å². The molecule has 0 spiro atoms. The number of benzene rings is 2. The van der Waals surface area contributed by atoms with E-state index in [9.17, 15) is 14.7 Å². The number of aromatic amines is 1. The number of ether oxygens (including phenoxy) is 1. The Hall–Kier alpha value is -2.86. The molecular formula is C20H20N2O4. The predicted octanol–water partition coefficient (Wildman–Crippen LogP) is 2.88. The minimum absolute atomic E-state index is 0.101. The van der Waals surface area contributed by atoms with Crippen molar-refractivity contribution in [1.82, 2.24) is 9.88 Å². The molecule has 0 bridgehead atoms. The van der Waals surface area contributed by atoms with Crippen molar-refractivity contribution in [2.24, 2.45) is 5.41 Å². The van der Waals surface area contributed by atoms with Crippen LogP contribution in [0.4, 0.5) is 0 Å². The zero-order valence-corrected chi connectivity index (χ0v) is 14.5. The van der Waals surface area contributed by atoms with Crippen LogP contribution in [-0.4, -0.2) is 53.7 Å². The van der Waals surface area contributed by atoms with Gasteiger partial charge in [0.25, 0.3) is 5.91 Å². The van der Waals surface area contributed by atoms with E-state index in [0.717, 1.165) is 21.7 Å². The minimum Gasteiger partial charge on any atom is -0.481 e. The molecule has 2 N–H and O–H groups in total. The van der Waals surface area contributed by atoms with Crippen LogP contribution in [0.2, 0.25) is 0 Å². The zero-order valence-electron chi connectivity index (χ0n) is 14.5. The van der Waals surface area contributed by atoms with E-state index >= 15 is 0 Å². The molecule has 2 aromatic carbocycles. The highest BCUT2D eigenvalue weighted by atomic mass is 16.5. The predicted molar refractivity (Wildman–Crippen MR) is 98.3 cm³/mol. The second-order valence-electron chi connectivity index (χ2n) is 6.93. The Bertz CT molecular complexity index is 1010. The summed E-state index contributed by atoms with van der Waals surface area (Å²) in [6, 6.07) is 13.9. The van der Waals surface area contributed by atoms with Crippen LogP contribution in [0.5, 0.6) is 0 Å². The Morgan fingerprint density at radius 2 is 2.04 bits per heavy atom. The van der Waals surface area contributed by atoms with Crippen molar-refractivity contribution in [3.05, 3.63) is 48.2 Å². The second-order valence-corrected chi connectivity index (χ2v) is 6.93. The van der Waals surface area contributed by atoms with E-state index in [-0.39, 0.29) is 19.1 Å². The van der Waals surface area contributed by atoms with E-state index in [1.54, 1.807) is 4.90 Å². The average Bonchev–Trinajstić information content (AvgIpc) is 3.27. The molecule has 1 unspecified atom stereocenters. The van der Waals surface area contributed by atoms with Crippen LogP contribution < -0.4 is 0 Å². The summed E-state index contributed by atoms with van der Waals surface area (Å²) in [5.74, 6) is -1.10. The summed E-state index contributed by atoms with van der Waals surface area (Å²) in [6.45, 7) is 0.666. The fourth-order valence-electron chi connectivity index (χ4n) is 3.85. The molecule has 3 aromatic rings. The molecule has 0 aliphatic carbocycles. The molecular weight excluding hydrogens is 332 g/mol. The number of amides is 1. The minimum atomic E-state index is -1.02. The van der Waals surface area contributed by atoms with Gasteiger partial charge in [-0.2, -0.15) is 0 Å². The Morgan fingerprint density at radius 1 is 1.23 bits per heavy atom. The number of carbonyl (C=O) groups excluding carboxylic acids is 1. The van der Waals surface area contributed by atoms with E-state index in [1.807, 2.05) is 42.5 Å². The largest absolute Gasteiger partial charge is 0.481 e. The summed E-state index contributed by atoms with van der Waals surface area (Å²) in [5, 5.41) is 12.8.